The Balaban J connectivity index is 1.98. The van der Waals surface area contributed by atoms with E-state index in [0.717, 1.165) is 22.3 Å². The molecule has 1 saturated carbocycles. The number of halogens is 1. The Labute approximate surface area is 136 Å². The molecule has 2 rings (SSSR count). The number of hydrogen-bond acceptors (Lipinski definition) is 2. The minimum Gasteiger partial charge on any atom is -0.481 e. The first-order valence-electron chi connectivity index (χ1n) is 7.58. The van der Waals surface area contributed by atoms with E-state index in [-0.39, 0.29) is 0 Å². The van der Waals surface area contributed by atoms with Gasteiger partial charge in [0.1, 0.15) is 12.4 Å². The lowest BCUT2D eigenvalue weighted by Gasteiger charge is -2.35. The van der Waals surface area contributed by atoms with Crippen LogP contribution in [0.4, 0.5) is 0 Å². The van der Waals surface area contributed by atoms with Crippen molar-refractivity contribution >= 4 is 15.9 Å². The number of benzene rings is 1. The summed E-state index contributed by atoms with van der Waals surface area (Å²) in [6.07, 6.45) is 10.4. The minimum absolute atomic E-state index is 0.311. The molecule has 0 saturated heterocycles. The summed E-state index contributed by atoms with van der Waals surface area (Å²) in [6, 6.07) is 6.66. The van der Waals surface area contributed by atoms with E-state index >= 15 is 0 Å². The van der Waals surface area contributed by atoms with Crippen LogP contribution in [0.15, 0.2) is 22.7 Å². The molecule has 114 valence electrons. The molecule has 1 aliphatic carbocycles. The van der Waals surface area contributed by atoms with Crippen LogP contribution >= 0.6 is 15.9 Å². The minimum atomic E-state index is 0.311. The van der Waals surface area contributed by atoms with Gasteiger partial charge in [-0.3, -0.25) is 0 Å². The maximum absolute atomic E-state index is 5.63. The van der Waals surface area contributed by atoms with Gasteiger partial charge in [0, 0.05) is 22.6 Å². The maximum atomic E-state index is 5.63. The van der Waals surface area contributed by atoms with Gasteiger partial charge in [0.05, 0.1) is 0 Å². The SMILES string of the molecule is C#CCOc1ccc(Br)cc1CNC1CCCC(C)(C)C1. The van der Waals surface area contributed by atoms with Gasteiger partial charge in [0.15, 0.2) is 0 Å². The topological polar surface area (TPSA) is 21.3 Å². The zero-order valence-electron chi connectivity index (χ0n) is 12.9. The summed E-state index contributed by atoms with van der Waals surface area (Å²) in [4.78, 5) is 0. The molecule has 0 heterocycles. The molecule has 0 spiro atoms. The van der Waals surface area contributed by atoms with Crippen LogP contribution in [0.2, 0.25) is 0 Å². The van der Waals surface area contributed by atoms with E-state index in [9.17, 15) is 0 Å². The van der Waals surface area contributed by atoms with Crippen LogP contribution in [0.1, 0.15) is 45.1 Å². The smallest absolute Gasteiger partial charge is 0.148 e. The fourth-order valence-corrected chi connectivity index (χ4v) is 3.48. The molecule has 21 heavy (non-hydrogen) atoms. The molecule has 1 unspecified atom stereocenters. The first-order valence-corrected chi connectivity index (χ1v) is 8.37. The predicted octanol–water partition coefficient (Wildman–Crippen LogP) is 4.52. The summed E-state index contributed by atoms with van der Waals surface area (Å²) in [5.74, 6) is 3.39. The van der Waals surface area contributed by atoms with Crippen LogP contribution in [-0.4, -0.2) is 12.6 Å². The van der Waals surface area contributed by atoms with Crippen LogP contribution < -0.4 is 10.1 Å². The largest absolute Gasteiger partial charge is 0.481 e. The molecule has 0 bridgehead atoms. The average molecular weight is 350 g/mol. The summed E-state index contributed by atoms with van der Waals surface area (Å²) in [6.45, 7) is 5.86. The van der Waals surface area contributed by atoms with Gasteiger partial charge in [-0.1, -0.05) is 42.1 Å². The van der Waals surface area contributed by atoms with Crippen molar-refractivity contribution in [2.75, 3.05) is 6.61 Å². The second-order valence-electron chi connectivity index (χ2n) is 6.58. The third kappa shape index (κ3) is 5.05. The molecule has 0 amide bonds. The van der Waals surface area contributed by atoms with Crippen LogP contribution in [0.3, 0.4) is 0 Å². The third-order valence-corrected chi connectivity index (χ3v) is 4.61. The van der Waals surface area contributed by atoms with Crippen molar-refractivity contribution in [2.45, 2.75) is 52.1 Å². The van der Waals surface area contributed by atoms with Crippen molar-refractivity contribution in [1.29, 1.82) is 0 Å². The van der Waals surface area contributed by atoms with E-state index in [4.69, 9.17) is 11.2 Å². The molecule has 3 heteroatoms. The van der Waals surface area contributed by atoms with Gasteiger partial charge in [-0.2, -0.15) is 0 Å². The molecule has 1 N–H and O–H groups in total. The zero-order chi connectivity index (χ0) is 15.3. The molecule has 0 radical (unpaired) electrons. The van der Waals surface area contributed by atoms with Crippen molar-refractivity contribution in [2.24, 2.45) is 5.41 Å². The van der Waals surface area contributed by atoms with Crippen molar-refractivity contribution < 1.29 is 4.74 Å². The molecular formula is C18H24BrNO. The summed E-state index contributed by atoms with van der Waals surface area (Å²) in [7, 11) is 0. The van der Waals surface area contributed by atoms with Crippen molar-refractivity contribution in [3.8, 4) is 18.1 Å². The number of ether oxygens (including phenoxy) is 1. The lowest BCUT2D eigenvalue weighted by molar-refractivity contribution is 0.197. The third-order valence-electron chi connectivity index (χ3n) is 4.12. The van der Waals surface area contributed by atoms with E-state index in [2.05, 4.69) is 47.1 Å². The highest BCUT2D eigenvalue weighted by Gasteiger charge is 2.27. The summed E-state index contributed by atoms with van der Waals surface area (Å²) >= 11 is 3.52. The van der Waals surface area contributed by atoms with E-state index < -0.39 is 0 Å². The lowest BCUT2D eigenvalue weighted by Crippen LogP contribution is -2.36. The van der Waals surface area contributed by atoms with Gasteiger partial charge >= 0.3 is 0 Å². The Kier molecular flexibility index (Phi) is 5.72. The molecule has 0 aliphatic heterocycles. The van der Waals surface area contributed by atoms with Gasteiger partial charge in [-0.15, -0.1) is 6.42 Å². The Morgan fingerprint density at radius 3 is 3.00 bits per heavy atom. The second-order valence-corrected chi connectivity index (χ2v) is 7.50. The van der Waals surface area contributed by atoms with Crippen LogP contribution in [0, 0.1) is 17.8 Å². The highest BCUT2D eigenvalue weighted by Crippen LogP contribution is 2.35. The van der Waals surface area contributed by atoms with E-state index in [1.54, 1.807) is 0 Å². The summed E-state index contributed by atoms with van der Waals surface area (Å²) < 4.78 is 6.69. The number of terminal acetylenes is 1. The van der Waals surface area contributed by atoms with Crippen molar-refractivity contribution in [3.05, 3.63) is 28.2 Å². The van der Waals surface area contributed by atoms with Crippen LogP contribution in [0.5, 0.6) is 5.75 Å². The van der Waals surface area contributed by atoms with E-state index in [0.29, 0.717) is 18.1 Å². The summed E-state index contributed by atoms with van der Waals surface area (Å²) in [5, 5.41) is 3.69. The Hall–Kier alpha value is -0.980. The highest BCUT2D eigenvalue weighted by atomic mass is 79.9. The zero-order valence-corrected chi connectivity index (χ0v) is 14.5. The van der Waals surface area contributed by atoms with E-state index in [1.807, 2.05) is 12.1 Å². The van der Waals surface area contributed by atoms with Crippen LogP contribution in [0.25, 0.3) is 0 Å². The lowest BCUT2D eigenvalue weighted by atomic mass is 9.75. The van der Waals surface area contributed by atoms with Gasteiger partial charge in [0.25, 0.3) is 0 Å². The molecule has 1 fully saturated rings. The number of rotatable bonds is 5. The molecule has 0 aromatic heterocycles. The first-order chi connectivity index (χ1) is 10.00. The average Bonchev–Trinajstić information content (AvgIpc) is 2.43. The molecule has 1 aromatic carbocycles. The standard InChI is InChI=1S/C18H24BrNO/c1-4-10-21-17-8-7-15(19)11-14(17)13-20-16-6-5-9-18(2,3)12-16/h1,7-8,11,16,20H,5-6,9-10,12-13H2,2-3H3. The molecule has 1 aromatic rings. The van der Waals surface area contributed by atoms with Crippen LogP contribution in [-0.2, 0) is 6.54 Å². The maximum Gasteiger partial charge on any atom is 0.148 e. The van der Waals surface area contributed by atoms with Gasteiger partial charge in [0.2, 0.25) is 0 Å². The quantitative estimate of drug-likeness (QED) is 0.789. The first kappa shape index (κ1) is 16.4. The van der Waals surface area contributed by atoms with Gasteiger partial charge < -0.3 is 10.1 Å². The van der Waals surface area contributed by atoms with Gasteiger partial charge in [-0.25, -0.2) is 0 Å². The van der Waals surface area contributed by atoms with Gasteiger partial charge in [-0.05, 0) is 42.9 Å². The molecule has 2 nitrogen and oxygen atoms in total. The normalized spacial score (nSPS) is 20.8. The Bertz CT molecular complexity index is 518. The summed E-state index contributed by atoms with van der Waals surface area (Å²) in [5.41, 5.74) is 1.61. The Morgan fingerprint density at radius 2 is 2.29 bits per heavy atom. The number of hydrogen-bond donors (Lipinski definition) is 1. The fraction of sp³-hybridized carbons (Fsp3) is 0.556. The van der Waals surface area contributed by atoms with E-state index in [1.165, 1.54) is 25.7 Å². The molecule has 1 atom stereocenters. The molecular weight excluding hydrogens is 326 g/mol. The second kappa shape index (κ2) is 7.33. The molecule has 1 aliphatic rings. The Morgan fingerprint density at radius 1 is 1.48 bits per heavy atom. The number of nitrogens with one attached hydrogen (secondary N) is 1. The van der Waals surface area contributed by atoms with Crippen molar-refractivity contribution in [1.82, 2.24) is 5.32 Å². The fourth-order valence-electron chi connectivity index (χ4n) is 3.07. The monoisotopic (exact) mass is 349 g/mol. The highest BCUT2D eigenvalue weighted by molar-refractivity contribution is 9.10. The predicted molar refractivity (Wildman–Crippen MR) is 91.3 cm³/mol. The van der Waals surface area contributed by atoms with Crippen molar-refractivity contribution in [3.63, 3.8) is 0 Å².